The molecule has 1 heterocycles. The third-order valence-corrected chi connectivity index (χ3v) is 3.91. The summed E-state index contributed by atoms with van der Waals surface area (Å²) >= 11 is 0. The Balaban J connectivity index is 1.77. The number of carbonyl (C=O) groups excluding carboxylic acids is 2. The van der Waals surface area contributed by atoms with Crippen molar-refractivity contribution in [2.24, 2.45) is 16.0 Å². The third-order valence-electron chi connectivity index (χ3n) is 3.91. The number of anilines is 1. The van der Waals surface area contributed by atoms with Crippen LogP contribution in [0.1, 0.15) is 24.2 Å². The number of esters is 1. The van der Waals surface area contributed by atoms with Gasteiger partial charge in [0.2, 0.25) is 0 Å². The van der Waals surface area contributed by atoms with E-state index >= 15 is 0 Å². The van der Waals surface area contributed by atoms with Crippen molar-refractivity contribution in [1.82, 2.24) is 0 Å². The second-order valence-electron chi connectivity index (χ2n) is 5.75. The molecule has 0 aliphatic carbocycles. The lowest BCUT2D eigenvalue weighted by molar-refractivity contribution is -0.118. The van der Waals surface area contributed by atoms with Crippen LogP contribution in [-0.2, 0) is 9.53 Å². The Morgan fingerprint density at radius 2 is 2.00 bits per heavy atom. The zero-order valence-corrected chi connectivity index (χ0v) is 14.6. The molecule has 1 aliphatic rings. The van der Waals surface area contributed by atoms with Crippen molar-refractivity contribution in [2.45, 2.75) is 13.8 Å². The molecular weight excluding hydrogens is 330 g/mol. The van der Waals surface area contributed by atoms with Gasteiger partial charge in [-0.2, -0.15) is 10.1 Å². The molecule has 0 fully saturated rings. The molecule has 0 spiro atoms. The number of carbonyl (C=O) groups is 2. The van der Waals surface area contributed by atoms with Crippen molar-refractivity contribution < 1.29 is 14.3 Å². The number of para-hydroxylation sites is 1. The second kappa shape index (κ2) is 7.74. The van der Waals surface area contributed by atoms with Crippen molar-refractivity contribution in [2.75, 3.05) is 11.6 Å². The molecule has 0 aromatic heterocycles. The van der Waals surface area contributed by atoms with E-state index in [1.807, 2.05) is 30.3 Å². The standard InChI is InChI=1S/C20H19N3O3/c1-3-26-20(25)15-8-7-9-16(12-15)21-13-18-14(2)22-23(19(18)24)17-10-5-4-6-11-17/h4-13,18H,3H2,1-2H3. The molecule has 0 bridgehead atoms. The maximum absolute atomic E-state index is 12.6. The first-order chi connectivity index (χ1) is 12.6. The van der Waals surface area contributed by atoms with E-state index in [0.29, 0.717) is 23.6 Å². The molecule has 3 rings (SSSR count). The first-order valence-corrected chi connectivity index (χ1v) is 8.35. The average molecular weight is 349 g/mol. The molecule has 1 aliphatic heterocycles. The van der Waals surface area contributed by atoms with Crippen molar-refractivity contribution in [3.63, 3.8) is 0 Å². The van der Waals surface area contributed by atoms with E-state index in [9.17, 15) is 9.59 Å². The van der Waals surface area contributed by atoms with Gasteiger partial charge in [-0.15, -0.1) is 0 Å². The van der Waals surface area contributed by atoms with E-state index in [1.165, 1.54) is 5.01 Å². The Morgan fingerprint density at radius 1 is 1.23 bits per heavy atom. The smallest absolute Gasteiger partial charge is 0.338 e. The topological polar surface area (TPSA) is 71.3 Å². The van der Waals surface area contributed by atoms with Gasteiger partial charge >= 0.3 is 5.97 Å². The molecule has 0 saturated heterocycles. The molecule has 1 amide bonds. The quantitative estimate of drug-likeness (QED) is 0.611. The van der Waals surface area contributed by atoms with Gasteiger partial charge in [-0.1, -0.05) is 24.3 Å². The summed E-state index contributed by atoms with van der Waals surface area (Å²) in [5.41, 5.74) is 2.39. The number of benzene rings is 2. The van der Waals surface area contributed by atoms with Gasteiger partial charge in [0.25, 0.3) is 5.91 Å². The highest BCUT2D eigenvalue weighted by Crippen LogP contribution is 2.23. The van der Waals surface area contributed by atoms with Gasteiger partial charge in [0, 0.05) is 6.21 Å². The summed E-state index contributed by atoms with van der Waals surface area (Å²) in [7, 11) is 0. The zero-order chi connectivity index (χ0) is 18.5. The van der Waals surface area contributed by atoms with E-state index in [-0.39, 0.29) is 5.91 Å². The predicted octanol–water partition coefficient (Wildman–Crippen LogP) is 3.60. The highest BCUT2D eigenvalue weighted by Gasteiger charge is 2.33. The summed E-state index contributed by atoms with van der Waals surface area (Å²) in [5, 5.41) is 5.73. The minimum Gasteiger partial charge on any atom is -0.462 e. The van der Waals surface area contributed by atoms with Crippen LogP contribution in [0.4, 0.5) is 11.4 Å². The van der Waals surface area contributed by atoms with Crippen LogP contribution < -0.4 is 5.01 Å². The normalized spacial score (nSPS) is 16.8. The highest BCUT2D eigenvalue weighted by atomic mass is 16.5. The van der Waals surface area contributed by atoms with E-state index in [0.717, 1.165) is 5.69 Å². The number of nitrogens with zero attached hydrogens (tertiary/aromatic N) is 3. The van der Waals surface area contributed by atoms with Crippen molar-refractivity contribution in [3.8, 4) is 0 Å². The molecule has 0 saturated carbocycles. The molecule has 1 atom stereocenters. The summed E-state index contributed by atoms with van der Waals surface area (Å²) in [4.78, 5) is 28.8. The van der Waals surface area contributed by atoms with Crippen molar-refractivity contribution >= 4 is 35.2 Å². The summed E-state index contributed by atoms with van der Waals surface area (Å²) in [5.74, 6) is -1.07. The molecule has 0 N–H and O–H groups in total. The van der Waals surface area contributed by atoms with E-state index < -0.39 is 11.9 Å². The molecule has 1 unspecified atom stereocenters. The Kier molecular flexibility index (Phi) is 5.22. The molecule has 6 heteroatoms. The van der Waals surface area contributed by atoms with Crippen LogP contribution in [-0.4, -0.2) is 30.4 Å². The Hall–Kier alpha value is -3.28. The fourth-order valence-electron chi connectivity index (χ4n) is 2.59. The van der Waals surface area contributed by atoms with Gasteiger partial charge in [0.1, 0.15) is 5.92 Å². The molecular formula is C20H19N3O3. The number of hydrazone groups is 1. The van der Waals surface area contributed by atoms with Crippen LogP contribution >= 0.6 is 0 Å². The van der Waals surface area contributed by atoms with Crippen LogP contribution in [0.25, 0.3) is 0 Å². The van der Waals surface area contributed by atoms with Gasteiger partial charge in [0.15, 0.2) is 0 Å². The first kappa shape index (κ1) is 17.5. The van der Waals surface area contributed by atoms with Crippen LogP contribution in [0.15, 0.2) is 64.7 Å². The van der Waals surface area contributed by atoms with Crippen LogP contribution in [0, 0.1) is 5.92 Å². The fraction of sp³-hybridized carbons (Fsp3) is 0.200. The van der Waals surface area contributed by atoms with E-state index in [2.05, 4.69) is 10.1 Å². The average Bonchev–Trinajstić information content (AvgIpc) is 2.95. The lowest BCUT2D eigenvalue weighted by Crippen LogP contribution is -2.27. The first-order valence-electron chi connectivity index (χ1n) is 8.35. The number of rotatable bonds is 5. The number of aliphatic imine (C=N–C) groups is 1. The van der Waals surface area contributed by atoms with E-state index in [1.54, 1.807) is 44.3 Å². The molecule has 2 aromatic rings. The second-order valence-corrected chi connectivity index (χ2v) is 5.75. The Morgan fingerprint density at radius 3 is 2.73 bits per heavy atom. The molecule has 26 heavy (non-hydrogen) atoms. The van der Waals surface area contributed by atoms with Crippen molar-refractivity contribution in [3.05, 3.63) is 60.2 Å². The molecule has 132 valence electrons. The maximum Gasteiger partial charge on any atom is 0.338 e. The molecule has 6 nitrogen and oxygen atoms in total. The largest absolute Gasteiger partial charge is 0.462 e. The number of hydrogen-bond donors (Lipinski definition) is 0. The third kappa shape index (κ3) is 3.69. The fourth-order valence-corrected chi connectivity index (χ4v) is 2.59. The number of hydrogen-bond acceptors (Lipinski definition) is 5. The van der Waals surface area contributed by atoms with Gasteiger partial charge in [0.05, 0.1) is 29.3 Å². The van der Waals surface area contributed by atoms with E-state index in [4.69, 9.17) is 4.74 Å². The monoisotopic (exact) mass is 349 g/mol. The number of ether oxygens (including phenoxy) is 1. The predicted molar refractivity (Wildman–Crippen MR) is 101 cm³/mol. The van der Waals surface area contributed by atoms with Gasteiger partial charge < -0.3 is 4.74 Å². The highest BCUT2D eigenvalue weighted by molar-refractivity contribution is 6.23. The zero-order valence-electron chi connectivity index (χ0n) is 14.6. The lowest BCUT2D eigenvalue weighted by Gasteiger charge is -2.12. The summed E-state index contributed by atoms with van der Waals surface area (Å²) in [6, 6.07) is 16.1. The lowest BCUT2D eigenvalue weighted by atomic mass is 10.1. The van der Waals surface area contributed by atoms with Crippen LogP contribution in [0.3, 0.4) is 0 Å². The maximum atomic E-state index is 12.6. The van der Waals surface area contributed by atoms with Gasteiger partial charge in [-0.05, 0) is 44.2 Å². The minimum atomic E-state index is -0.526. The Labute approximate surface area is 151 Å². The summed E-state index contributed by atoms with van der Waals surface area (Å²) in [6.45, 7) is 3.87. The summed E-state index contributed by atoms with van der Waals surface area (Å²) < 4.78 is 4.99. The van der Waals surface area contributed by atoms with Crippen LogP contribution in [0.2, 0.25) is 0 Å². The van der Waals surface area contributed by atoms with Crippen molar-refractivity contribution in [1.29, 1.82) is 0 Å². The van der Waals surface area contributed by atoms with Gasteiger partial charge in [-0.3, -0.25) is 9.79 Å². The van der Waals surface area contributed by atoms with Crippen LogP contribution in [0.5, 0.6) is 0 Å². The molecule has 2 aromatic carbocycles. The van der Waals surface area contributed by atoms with Gasteiger partial charge in [-0.25, -0.2) is 4.79 Å². The SMILES string of the molecule is CCOC(=O)c1cccc(N=CC2C(=O)N(c3ccccc3)N=C2C)c1. The minimum absolute atomic E-state index is 0.154. The Bertz CT molecular complexity index is 875. The number of amides is 1. The molecule has 0 radical (unpaired) electrons. The summed E-state index contributed by atoms with van der Waals surface area (Å²) in [6.07, 6.45) is 1.56.